The third-order valence-electron chi connectivity index (χ3n) is 4.74. The summed E-state index contributed by atoms with van der Waals surface area (Å²) in [5.74, 6) is 0.773. The van der Waals surface area contributed by atoms with E-state index in [-0.39, 0.29) is 17.3 Å². The van der Waals surface area contributed by atoms with Gasteiger partial charge in [-0.3, -0.25) is 10.2 Å². The molecule has 0 amide bonds. The highest BCUT2D eigenvalue weighted by atomic mass is 32.1. The minimum absolute atomic E-state index is 0.121. The van der Waals surface area contributed by atoms with E-state index in [1.54, 1.807) is 35.6 Å². The Balaban J connectivity index is 1.56. The Morgan fingerprint density at radius 3 is 2.64 bits per heavy atom. The van der Waals surface area contributed by atoms with Crippen molar-refractivity contribution in [1.82, 2.24) is 9.97 Å². The molecular weight excluding hydrogens is 376 g/mol. The molecule has 140 valence electrons. The molecule has 28 heavy (non-hydrogen) atoms. The molecule has 5 rings (SSSR count). The molecule has 0 fully saturated rings. The van der Waals surface area contributed by atoms with Crippen LogP contribution in [0.3, 0.4) is 0 Å². The molecule has 4 heterocycles. The molecule has 1 N–H and O–H groups in total. The number of thiophene rings is 1. The average molecular weight is 392 g/mol. The van der Waals surface area contributed by atoms with Gasteiger partial charge in [0.2, 0.25) is 0 Å². The second-order valence-electron chi connectivity index (χ2n) is 6.47. The van der Waals surface area contributed by atoms with Gasteiger partial charge in [-0.25, -0.2) is 9.97 Å². The number of aryl methyl sites for hydroxylation is 2. The smallest absolute Gasteiger partial charge is 0.252 e. The number of hydrogen-bond donors (Lipinski definition) is 1. The SMILES string of the molecule is O=C(/C(=N/Nc1ncnc2sc3c(c12)CCCC3)c1ccco1)c1ccco1. The molecule has 7 nitrogen and oxygen atoms in total. The minimum atomic E-state index is -0.370. The van der Waals surface area contributed by atoms with Gasteiger partial charge in [0.15, 0.2) is 23.1 Å². The van der Waals surface area contributed by atoms with Crippen molar-refractivity contribution >= 4 is 38.9 Å². The maximum Gasteiger partial charge on any atom is 0.252 e. The fourth-order valence-corrected chi connectivity index (χ4v) is 4.67. The highest BCUT2D eigenvalue weighted by Crippen LogP contribution is 2.38. The second kappa shape index (κ2) is 7.05. The van der Waals surface area contributed by atoms with E-state index in [0.717, 1.165) is 29.5 Å². The van der Waals surface area contributed by atoms with E-state index in [0.29, 0.717) is 11.6 Å². The number of furan rings is 2. The maximum atomic E-state index is 12.8. The summed E-state index contributed by atoms with van der Waals surface area (Å²) < 4.78 is 10.6. The normalized spacial score (nSPS) is 14.2. The number of Topliss-reactive ketones (excluding diaryl/α,β-unsaturated/α-hetero) is 1. The molecule has 0 saturated carbocycles. The van der Waals surface area contributed by atoms with Gasteiger partial charge in [-0.15, -0.1) is 11.3 Å². The van der Waals surface area contributed by atoms with Gasteiger partial charge in [-0.1, -0.05) is 0 Å². The van der Waals surface area contributed by atoms with Crippen LogP contribution in [0, 0.1) is 0 Å². The zero-order valence-corrected chi connectivity index (χ0v) is 15.7. The van der Waals surface area contributed by atoms with Gasteiger partial charge in [0.05, 0.1) is 17.9 Å². The van der Waals surface area contributed by atoms with Crippen LogP contribution in [0.5, 0.6) is 0 Å². The number of aromatic nitrogens is 2. The minimum Gasteiger partial charge on any atom is -0.462 e. The van der Waals surface area contributed by atoms with Crippen LogP contribution in [0.4, 0.5) is 5.82 Å². The third-order valence-corrected chi connectivity index (χ3v) is 5.94. The Morgan fingerprint density at radius 2 is 1.86 bits per heavy atom. The van der Waals surface area contributed by atoms with E-state index < -0.39 is 0 Å². The average Bonchev–Trinajstić information content (AvgIpc) is 3.47. The Labute approximate surface area is 164 Å². The van der Waals surface area contributed by atoms with Gasteiger partial charge < -0.3 is 8.83 Å². The van der Waals surface area contributed by atoms with Gasteiger partial charge in [-0.2, -0.15) is 5.10 Å². The van der Waals surface area contributed by atoms with E-state index >= 15 is 0 Å². The van der Waals surface area contributed by atoms with Gasteiger partial charge in [0.1, 0.15) is 11.2 Å². The molecule has 1 aliphatic carbocycles. The first-order valence-corrected chi connectivity index (χ1v) is 9.84. The topological polar surface area (TPSA) is 93.5 Å². The molecule has 0 radical (unpaired) electrons. The predicted molar refractivity (Wildman–Crippen MR) is 106 cm³/mol. The fraction of sp³-hybridized carbons (Fsp3) is 0.200. The van der Waals surface area contributed by atoms with Gasteiger partial charge >= 0.3 is 0 Å². The summed E-state index contributed by atoms with van der Waals surface area (Å²) in [5.41, 5.74) is 4.39. The number of hydrogen-bond acceptors (Lipinski definition) is 8. The van der Waals surface area contributed by atoms with Crippen LogP contribution in [0.15, 0.2) is 57.1 Å². The first-order valence-electron chi connectivity index (χ1n) is 9.02. The highest BCUT2D eigenvalue weighted by Gasteiger charge is 2.23. The van der Waals surface area contributed by atoms with Crippen molar-refractivity contribution < 1.29 is 13.6 Å². The molecule has 0 atom stereocenters. The number of nitrogens with zero attached hydrogens (tertiary/aromatic N) is 3. The molecule has 8 heteroatoms. The molecule has 0 aromatic carbocycles. The molecule has 1 aliphatic rings. The van der Waals surface area contributed by atoms with Crippen molar-refractivity contribution in [3.8, 4) is 0 Å². The van der Waals surface area contributed by atoms with E-state index in [1.807, 2.05) is 0 Å². The van der Waals surface area contributed by atoms with Crippen LogP contribution >= 0.6 is 11.3 Å². The molecular formula is C20H16N4O3S. The third kappa shape index (κ3) is 2.91. The molecule has 4 aromatic heterocycles. The summed E-state index contributed by atoms with van der Waals surface area (Å²) >= 11 is 1.71. The molecule has 0 saturated heterocycles. The van der Waals surface area contributed by atoms with Gasteiger partial charge in [0, 0.05) is 4.88 Å². The molecule has 4 aromatic rings. The van der Waals surface area contributed by atoms with Crippen LogP contribution in [0.1, 0.15) is 39.6 Å². The van der Waals surface area contributed by atoms with Crippen LogP contribution in [0.25, 0.3) is 10.2 Å². The summed E-state index contributed by atoms with van der Waals surface area (Å²) in [5, 5.41) is 5.34. The molecule has 0 bridgehead atoms. The van der Waals surface area contributed by atoms with Crippen LogP contribution < -0.4 is 5.43 Å². The standard InChI is InChI=1S/C20H16N4O3S/c25-18(14-7-4-10-27-14)17(13-6-3-9-26-13)23-24-19-16-12-5-1-2-8-15(12)28-20(16)22-11-21-19/h3-4,6-7,9-11H,1-2,5,8H2,(H,21,22,24)/b23-17+. The number of carbonyl (C=O) groups excluding carboxylic acids is 1. The lowest BCUT2D eigenvalue weighted by atomic mass is 9.97. The lowest BCUT2D eigenvalue weighted by Gasteiger charge is -2.11. The van der Waals surface area contributed by atoms with Crippen LogP contribution in [0.2, 0.25) is 0 Å². The monoisotopic (exact) mass is 392 g/mol. The van der Waals surface area contributed by atoms with E-state index in [9.17, 15) is 4.79 Å². The largest absolute Gasteiger partial charge is 0.462 e. The zero-order valence-electron chi connectivity index (χ0n) is 14.8. The van der Waals surface area contributed by atoms with Crippen molar-refractivity contribution in [1.29, 1.82) is 0 Å². The first kappa shape index (κ1) is 16.9. The maximum absolute atomic E-state index is 12.8. The van der Waals surface area contributed by atoms with Crippen LogP contribution in [-0.4, -0.2) is 21.5 Å². The number of rotatable bonds is 5. The number of anilines is 1. The fourth-order valence-electron chi connectivity index (χ4n) is 3.44. The van der Waals surface area contributed by atoms with Crippen LogP contribution in [-0.2, 0) is 12.8 Å². The van der Waals surface area contributed by atoms with E-state index in [1.165, 1.54) is 35.7 Å². The summed E-state index contributed by atoms with van der Waals surface area (Å²) in [7, 11) is 0. The van der Waals surface area contributed by atoms with Crippen molar-refractivity contribution in [2.75, 3.05) is 5.43 Å². The Hall–Kier alpha value is -3.26. The Morgan fingerprint density at radius 1 is 1.07 bits per heavy atom. The van der Waals surface area contributed by atoms with E-state index in [2.05, 4.69) is 20.5 Å². The summed E-state index contributed by atoms with van der Waals surface area (Å²) in [6.45, 7) is 0. The number of carbonyl (C=O) groups is 1. The summed E-state index contributed by atoms with van der Waals surface area (Å²) in [6, 6.07) is 6.65. The molecule has 0 unspecified atom stereocenters. The number of fused-ring (bicyclic) bond motifs is 3. The number of ketones is 1. The summed E-state index contributed by atoms with van der Waals surface area (Å²) in [4.78, 5) is 23.9. The van der Waals surface area contributed by atoms with Crippen molar-refractivity contribution in [2.24, 2.45) is 5.10 Å². The summed E-state index contributed by atoms with van der Waals surface area (Å²) in [6.07, 6.45) is 8.91. The van der Waals surface area contributed by atoms with Gasteiger partial charge in [0.25, 0.3) is 5.78 Å². The number of hydrazone groups is 1. The van der Waals surface area contributed by atoms with Crippen molar-refractivity contribution in [2.45, 2.75) is 25.7 Å². The Kier molecular flexibility index (Phi) is 4.25. The zero-order chi connectivity index (χ0) is 18.9. The lowest BCUT2D eigenvalue weighted by Crippen LogP contribution is -2.16. The highest BCUT2D eigenvalue weighted by molar-refractivity contribution is 7.19. The Bertz CT molecular complexity index is 1160. The quantitative estimate of drug-likeness (QED) is 0.306. The lowest BCUT2D eigenvalue weighted by molar-refractivity contribution is 0.104. The molecule has 0 spiro atoms. The van der Waals surface area contributed by atoms with Crippen molar-refractivity contribution in [3.63, 3.8) is 0 Å². The predicted octanol–water partition coefficient (Wildman–Crippen LogP) is 4.46. The van der Waals surface area contributed by atoms with E-state index in [4.69, 9.17) is 8.83 Å². The number of nitrogens with one attached hydrogen (secondary N) is 1. The van der Waals surface area contributed by atoms with Gasteiger partial charge in [-0.05, 0) is 55.5 Å². The first-order chi connectivity index (χ1) is 13.8. The van der Waals surface area contributed by atoms with Crippen molar-refractivity contribution in [3.05, 3.63) is 65.1 Å². The second-order valence-corrected chi connectivity index (χ2v) is 7.55. The molecule has 0 aliphatic heterocycles.